The third-order valence-corrected chi connectivity index (χ3v) is 7.14. The molecule has 0 aromatic carbocycles. The zero-order valence-electron chi connectivity index (χ0n) is 12.3. The minimum Gasteiger partial charge on any atom is -0.356 e. The molecule has 2 bridgehead atoms. The van der Waals surface area contributed by atoms with Crippen molar-refractivity contribution in [2.45, 2.75) is 58.2 Å². The van der Waals surface area contributed by atoms with Gasteiger partial charge in [-0.2, -0.15) is 0 Å². The lowest BCUT2D eigenvalue weighted by Gasteiger charge is -2.39. The van der Waals surface area contributed by atoms with Crippen LogP contribution in [0.3, 0.4) is 0 Å². The molecule has 2 aliphatic carbocycles. The summed E-state index contributed by atoms with van der Waals surface area (Å²) in [5, 5.41) is 3.05. The first-order chi connectivity index (χ1) is 8.75. The van der Waals surface area contributed by atoms with E-state index in [1.807, 2.05) is 6.92 Å². The molecule has 0 radical (unpaired) electrons. The topological polar surface area (TPSA) is 46.2 Å². The Morgan fingerprint density at radius 1 is 1.37 bits per heavy atom. The Morgan fingerprint density at radius 2 is 2.00 bits per heavy atom. The third-order valence-electron chi connectivity index (χ3n) is 5.94. The first kappa shape index (κ1) is 15.0. The monoisotopic (exact) mass is 329 g/mol. The number of ketones is 1. The summed E-state index contributed by atoms with van der Waals surface area (Å²) in [5.41, 5.74) is -1.24. The molecule has 0 aromatic heterocycles. The van der Waals surface area contributed by atoms with Crippen LogP contribution < -0.4 is 5.32 Å². The molecule has 0 heterocycles. The molecular weight excluding hydrogens is 306 g/mol. The summed E-state index contributed by atoms with van der Waals surface area (Å²) >= 11 is 3.53. The molecule has 1 amide bonds. The predicted molar refractivity (Wildman–Crippen MR) is 79.2 cm³/mol. The zero-order valence-corrected chi connectivity index (χ0v) is 13.9. The second kappa shape index (κ2) is 4.57. The third kappa shape index (κ3) is 1.61. The number of Topliss-reactive ketones (excluding diaryl/α,β-unsaturated/α-hetero) is 1. The number of hydrogen-bond acceptors (Lipinski definition) is 2. The van der Waals surface area contributed by atoms with E-state index in [1.54, 1.807) is 0 Å². The van der Waals surface area contributed by atoms with Crippen LogP contribution in [-0.4, -0.2) is 23.1 Å². The predicted octanol–water partition coefficient (Wildman–Crippen LogP) is 3.06. The Hall–Kier alpha value is -0.380. The highest BCUT2D eigenvalue weighted by molar-refractivity contribution is 9.10. The van der Waals surface area contributed by atoms with Crippen molar-refractivity contribution in [1.29, 1.82) is 0 Å². The maximum atomic E-state index is 12.7. The molecule has 4 heteroatoms. The van der Waals surface area contributed by atoms with Gasteiger partial charge >= 0.3 is 0 Å². The molecule has 108 valence electrons. The lowest BCUT2D eigenvalue weighted by Crippen LogP contribution is -2.51. The molecule has 3 nitrogen and oxygen atoms in total. The summed E-state index contributed by atoms with van der Waals surface area (Å²) < 4.78 is 0. The second-order valence-electron chi connectivity index (χ2n) is 6.76. The normalized spacial score (nSPS) is 39.6. The Morgan fingerprint density at radius 3 is 2.47 bits per heavy atom. The fourth-order valence-corrected chi connectivity index (χ4v) is 5.51. The number of rotatable bonds is 4. The number of fused-ring (bicyclic) bond motifs is 2. The van der Waals surface area contributed by atoms with Crippen molar-refractivity contribution < 1.29 is 9.59 Å². The van der Waals surface area contributed by atoms with Crippen molar-refractivity contribution in [3.63, 3.8) is 0 Å². The minimum absolute atomic E-state index is 0.0578. The Labute approximate surface area is 124 Å². The van der Waals surface area contributed by atoms with Crippen LogP contribution in [0.25, 0.3) is 0 Å². The van der Waals surface area contributed by atoms with Crippen LogP contribution in [0.1, 0.15) is 53.4 Å². The average Bonchev–Trinajstić information content (AvgIpc) is 2.62. The smallest absolute Gasteiger partial charge is 0.228 e. The van der Waals surface area contributed by atoms with E-state index in [1.165, 1.54) is 0 Å². The van der Waals surface area contributed by atoms with E-state index in [-0.39, 0.29) is 27.3 Å². The molecule has 0 spiro atoms. The van der Waals surface area contributed by atoms with Gasteiger partial charge in [-0.3, -0.25) is 9.59 Å². The fourth-order valence-electron chi connectivity index (χ4n) is 3.99. The van der Waals surface area contributed by atoms with Crippen LogP contribution >= 0.6 is 15.9 Å². The van der Waals surface area contributed by atoms with E-state index in [0.717, 1.165) is 25.7 Å². The second-order valence-corrected chi connectivity index (χ2v) is 7.68. The quantitative estimate of drug-likeness (QED) is 0.636. The lowest BCUT2D eigenvalue weighted by atomic mass is 9.64. The first-order valence-corrected chi connectivity index (χ1v) is 8.14. The van der Waals surface area contributed by atoms with Crippen molar-refractivity contribution in [3.05, 3.63) is 0 Å². The maximum absolute atomic E-state index is 12.7. The number of hydrogen-bond donors (Lipinski definition) is 1. The Balaban J connectivity index is 2.32. The highest BCUT2D eigenvalue weighted by atomic mass is 79.9. The summed E-state index contributed by atoms with van der Waals surface area (Å²) in [7, 11) is 0. The van der Waals surface area contributed by atoms with Crippen molar-refractivity contribution >= 4 is 27.6 Å². The van der Waals surface area contributed by atoms with Gasteiger partial charge in [-0.1, -0.05) is 50.0 Å². The average molecular weight is 330 g/mol. The molecule has 0 unspecified atom stereocenters. The van der Waals surface area contributed by atoms with Gasteiger partial charge in [-0.25, -0.2) is 0 Å². The van der Waals surface area contributed by atoms with Gasteiger partial charge in [0.05, 0.1) is 10.2 Å². The molecule has 2 rings (SSSR count). The number of nitrogens with one attached hydrogen (secondary N) is 1. The van der Waals surface area contributed by atoms with Crippen molar-refractivity contribution in [3.8, 4) is 0 Å². The number of alkyl halides is 1. The van der Waals surface area contributed by atoms with E-state index in [0.29, 0.717) is 6.54 Å². The number of carbonyl (C=O) groups is 2. The minimum atomic E-state index is -0.577. The van der Waals surface area contributed by atoms with Gasteiger partial charge in [-0.15, -0.1) is 0 Å². The van der Waals surface area contributed by atoms with Crippen molar-refractivity contribution in [1.82, 2.24) is 5.32 Å². The van der Waals surface area contributed by atoms with E-state index in [4.69, 9.17) is 0 Å². The molecule has 1 N–H and O–H groups in total. The van der Waals surface area contributed by atoms with Crippen LogP contribution in [0, 0.1) is 16.2 Å². The van der Waals surface area contributed by atoms with E-state index in [2.05, 4.69) is 42.0 Å². The summed E-state index contributed by atoms with van der Waals surface area (Å²) in [4.78, 5) is 24.9. The van der Waals surface area contributed by atoms with Crippen molar-refractivity contribution in [2.24, 2.45) is 16.2 Å². The fraction of sp³-hybridized carbons (Fsp3) is 0.867. The van der Waals surface area contributed by atoms with E-state index >= 15 is 0 Å². The first-order valence-electron chi connectivity index (χ1n) is 7.22. The van der Waals surface area contributed by atoms with Gasteiger partial charge in [0.15, 0.2) is 5.78 Å². The van der Waals surface area contributed by atoms with Gasteiger partial charge in [-0.05, 0) is 24.7 Å². The molecule has 0 aliphatic heterocycles. The van der Waals surface area contributed by atoms with Crippen molar-refractivity contribution in [2.75, 3.05) is 6.54 Å². The van der Waals surface area contributed by atoms with Gasteiger partial charge < -0.3 is 5.32 Å². The summed E-state index contributed by atoms with van der Waals surface area (Å²) in [6, 6.07) is 0. The molecule has 2 saturated carbocycles. The highest BCUT2D eigenvalue weighted by Gasteiger charge is 2.76. The summed E-state index contributed by atoms with van der Waals surface area (Å²) in [6.45, 7) is 9.00. The van der Waals surface area contributed by atoms with Gasteiger partial charge in [0.1, 0.15) is 0 Å². The zero-order chi connectivity index (χ0) is 14.5. The van der Waals surface area contributed by atoms with Crippen LogP contribution in [0.4, 0.5) is 0 Å². The molecule has 0 saturated heterocycles. The Kier molecular flexibility index (Phi) is 3.62. The van der Waals surface area contributed by atoms with E-state index in [9.17, 15) is 9.59 Å². The van der Waals surface area contributed by atoms with Gasteiger partial charge in [0, 0.05) is 12.0 Å². The summed E-state index contributed by atoms with van der Waals surface area (Å²) in [6.07, 6.45) is 3.67. The molecular formula is C15H24BrNO2. The standard InChI is InChI=1S/C15H24BrNO2/c1-5-6-9-17-12(19)15-8-7-14(4,13(15,2)3)11(18)10(15)16/h10H,5-9H2,1-4H3,(H,17,19)/t10-,14+,15+/m0/s1. The molecule has 0 aromatic rings. The molecule has 2 fully saturated rings. The van der Waals surface area contributed by atoms with E-state index < -0.39 is 5.41 Å². The van der Waals surface area contributed by atoms with Crippen LogP contribution in [0.2, 0.25) is 0 Å². The maximum Gasteiger partial charge on any atom is 0.228 e. The highest BCUT2D eigenvalue weighted by Crippen LogP contribution is 2.72. The molecule has 2 aliphatic rings. The van der Waals surface area contributed by atoms with Crippen LogP contribution in [0.15, 0.2) is 0 Å². The number of halogens is 1. The lowest BCUT2D eigenvalue weighted by molar-refractivity contribution is -0.135. The summed E-state index contributed by atoms with van der Waals surface area (Å²) in [5.74, 6) is 0.261. The van der Waals surface area contributed by atoms with Crippen LogP contribution in [-0.2, 0) is 9.59 Å². The molecule has 19 heavy (non-hydrogen) atoms. The molecule has 3 atom stereocenters. The number of carbonyl (C=O) groups excluding carboxylic acids is 2. The SMILES string of the molecule is CCCCNC(=O)[C@@]12CC[C@](C)(C(=O)[C@@H]1Br)C2(C)C. The van der Waals surface area contributed by atoms with Gasteiger partial charge in [0.25, 0.3) is 0 Å². The largest absolute Gasteiger partial charge is 0.356 e. The van der Waals surface area contributed by atoms with Gasteiger partial charge in [0.2, 0.25) is 5.91 Å². The number of amides is 1. The Bertz CT molecular complexity index is 420. The number of unbranched alkanes of at least 4 members (excludes halogenated alkanes) is 1. The van der Waals surface area contributed by atoms with Crippen LogP contribution in [0.5, 0.6) is 0 Å².